The summed E-state index contributed by atoms with van der Waals surface area (Å²) in [6.07, 6.45) is 3.96. The van der Waals surface area contributed by atoms with Crippen LogP contribution < -0.4 is 10.6 Å². The molecule has 1 aliphatic rings. The average molecular weight is 494 g/mol. The number of rotatable bonds is 3. The molecule has 1 amide bonds. The molecule has 176 valence electrons. The van der Waals surface area contributed by atoms with E-state index in [1.807, 2.05) is 4.90 Å². The quantitative estimate of drug-likeness (QED) is 0.436. The van der Waals surface area contributed by atoms with Gasteiger partial charge in [-0.1, -0.05) is 18.2 Å². The Hall–Kier alpha value is -4.23. The topological polar surface area (TPSA) is 104 Å². The molecule has 2 N–H and O–H groups in total. The smallest absolute Gasteiger partial charge is 0.246 e. The molecule has 0 atom stereocenters. The number of fused-ring (bicyclic) bond motifs is 2. The molecule has 4 heterocycles. The van der Waals surface area contributed by atoms with Crippen LogP contribution in [0.15, 0.2) is 43.2 Å². The molecule has 4 aromatic rings. The molecule has 1 saturated heterocycles. The van der Waals surface area contributed by atoms with Crippen LogP contribution >= 0.6 is 11.6 Å². The Labute approximate surface area is 203 Å². The van der Waals surface area contributed by atoms with E-state index in [1.54, 1.807) is 11.0 Å². The molecule has 35 heavy (non-hydrogen) atoms. The van der Waals surface area contributed by atoms with E-state index in [2.05, 4.69) is 22.6 Å². The normalized spacial score (nSPS) is 13.9. The molecule has 0 radical (unpaired) electrons. The highest BCUT2D eigenvalue weighted by molar-refractivity contribution is 6.34. The maximum atomic E-state index is 16.0. The van der Waals surface area contributed by atoms with E-state index in [-0.39, 0.29) is 44.7 Å². The maximum Gasteiger partial charge on any atom is 0.246 e. The fraction of sp³-hybridized carbons (Fsp3) is 0.167. The zero-order chi connectivity index (χ0) is 24.9. The molecule has 0 aliphatic carbocycles. The van der Waals surface area contributed by atoms with E-state index < -0.39 is 11.6 Å². The summed E-state index contributed by atoms with van der Waals surface area (Å²) in [5.41, 5.74) is 6.70. The van der Waals surface area contributed by atoms with Gasteiger partial charge < -0.3 is 15.5 Å². The van der Waals surface area contributed by atoms with Crippen molar-refractivity contribution in [2.45, 2.75) is 0 Å². The average Bonchev–Trinajstić information content (AvgIpc) is 3.26. The monoisotopic (exact) mass is 493 g/mol. The molecule has 1 aliphatic heterocycles. The van der Waals surface area contributed by atoms with Crippen LogP contribution in [0.25, 0.3) is 27.8 Å². The zero-order valence-electron chi connectivity index (χ0n) is 18.3. The Morgan fingerprint density at radius 3 is 2.69 bits per heavy atom. The standard InChI is InChI=1S/C24H18ClF2N7O/c1-2-19(35)32-5-7-33(8-6-32)23-13(10-28)11-30-22-14(23)9-15(25)20(21(22)27)17-4-3-16(26)24-31-18(29)12-34(17)24/h2-4,9,11-12H,1,5-8,29H2. The van der Waals surface area contributed by atoms with Gasteiger partial charge in [0.25, 0.3) is 0 Å². The van der Waals surface area contributed by atoms with Gasteiger partial charge in [0.2, 0.25) is 5.91 Å². The van der Waals surface area contributed by atoms with Crippen LogP contribution in [-0.2, 0) is 4.79 Å². The van der Waals surface area contributed by atoms with Crippen LogP contribution in [0.3, 0.4) is 0 Å². The first-order valence-corrected chi connectivity index (χ1v) is 11.0. The van der Waals surface area contributed by atoms with Crippen LogP contribution in [0, 0.1) is 23.0 Å². The first kappa shape index (κ1) is 22.6. The molecule has 3 aromatic heterocycles. The summed E-state index contributed by atoms with van der Waals surface area (Å²) < 4.78 is 31.6. The number of carbonyl (C=O) groups excluding carboxylic acids is 1. The second-order valence-corrected chi connectivity index (χ2v) is 8.43. The van der Waals surface area contributed by atoms with Crippen LogP contribution in [0.4, 0.5) is 20.3 Å². The molecule has 0 unspecified atom stereocenters. The predicted molar refractivity (Wildman–Crippen MR) is 129 cm³/mol. The Bertz CT molecular complexity index is 1570. The van der Waals surface area contributed by atoms with Crippen LogP contribution in [-0.4, -0.2) is 51.4 Å². The molecule has 11 heteroatoms. The molecular weight excluding hydrogens is 476 g/mol. The lowest BCUT2D eigenvalue weighted by Crippen LogP contribution is -2.48. The van der Waals surface area contributed by atoms with E-state index >= 15 is 4.39 Å². The molecule has 5 rings (SSSR count). The molecule has 0 saturated carbocycles. The second kappa shape index (κ2) is 8.52. The zero-order valence-corrected chi connectivity index (χ0v) is 19.1. The maximum absolute atomic E-state index is 16.0. The van der Waals surface area contributed by atoms with E-state index in [0.29, 0.717) is 37.3 Å². The molecule has 1 aromatic carbocycles. The van der Waals surface area contributed by atoms with Gasteiger partial charge in [-0.05, 0) is 24.3 Å². The first-order valence-electron chi connectivity index (χ1n) is 10.6. The molecule has 0 bridgehead atoms. The third-order valence-corrected chi connectivity index (χ3v) is 6.37. The van der Waals surface area contributed by atoms with Crippen molar-refractivity contribution in [1.82, 2.24) is 19.3 Å². The van der Waals surface area contributed by atoms with Gasteiger partial charge in [-0.2, -0.15) is 5.26 Å². The Balaban J connectivity index is 1.68. The number of nitrogens with two attached hydrogens (primary N) is 1. The van der Waals surface area contributed by atoms with Gasteiger partial charge in [0.05, 0.1) is 33.7 Å². The van der Waals surface area contributed by atoms with E-state index in [9.17, 15) is 14.4 Å². The van der Waals surface area contributed by atoms with Crippen molar-refractivity contribution in [3.05, 3.63) is 65.5 Å². The number of halogens is 3. The lowest BCUT2D eigenvalue weighted by Gasteiger charge is -2.36. The minimum Gasteiger partial charge on any atom is -0.382 e. The Morgan fingerprint density at radius 2 is 2.00 bits per heavy atom. The first-order chi connectivity index (χ1) is 16.8. The third-order valence-electron chi connectivity index (χ3n) is 6.07. The fourth-order valence-corrected chi connectivity index (χ4v) is 4.74. The van der Waals surface area contributed by atoms with Gasteiger partial charge in [-0.25, -0.2) is 13.8 Å². The molecular formula is C24H18ClF2N7O. The lowest BCUT2D eigenvalue weighted by molar-refractivity contribution is -0.126. The van der Waals surface area contributed by atoms with E-state index in [4.69, 9.17) is 17.3 Å². The Kier molecular flexibility index (Phi) is 5.49. The summed E-state index contributed by atoms with van der Waals surface area (Å²) >= 11 is 6.59. The van der Waals surface area contributed by atoms with Crippen LogP contribution in [0.1, 0.15) is 5.56 Å². The number of imidazole rings is 1. The van der Waals surface area contributed by atoms with E-state index in [0.717, 1.165) is 0 Å². The van der Waals surface area contributed by atoms with Gasteiger partial charge in [-0.15, -0.1) is 0 Å². The number of pyridine rings is 2. The SMILES string of the molecule is C=CC(=O)N1CCN(c2c(C#N)cnc3c(F)c(-c4ccc(F)c5nc(N)cn45)c(Cl)cc23)CC1. The summed E-state index contributed by atoms with van der Waals surface area (Å²) in [6.45, 7) is 5.22. The number of nitrogen functional groups attached to an aromatic ring is 1. The number of benzene rings is 1. The van der Waals surface area contributed by atoms with Gasteiger partial charge in [0.1, 0.15) is 17.4 Å². The van der Waals surface area contributed by atoms with Crippen molar-refractivity contribution >= 4 is 45.6 Å². The number of nitriles is 1. The molecule has 8 nitrogen and oxygen atoms in total. The summed E-state index contributed by atoms with van der Waals surface area (Å²) in [6, 6.07) is 6.22. The number of anilines is 2. The molecule has 1 fully saturated rings. The van der Waals surface area contributed by atoms with Gasteiger partial charge in [0, 0.05) is 37.8 Å². The van der Waals surface area contributed by atoms with Crippen molar-refractivity contribution in [2.24, 2.45) is 0 Å². The number of carbonyl (C=O) groups is 1. The predicted octanol–water partition coefficient (Wildman–Crippen LogP) is 3.77. The summed E-state index contributed by atoms with van der Waals surface area (Å²) in [5, 5.41) is 10.1. The van der Waals surface area contributed by atoms with Crippen molar-refractivity contribution in [3.63, 3.8) is 0 Å². The summed E-state index contributed by atoms with van der Waals surface area (Å²) in [7, 11) is 0. The molecule has 0 spiro atoms. The van der Waals surface area contributed by atoms with Gasteiger partial charge in [-0.3, -0.25) is 14.2 Å². The Morgan fingerprint density at radius 1 is 1.26 bits per heavy atom. The highest BCUT2D eigenvalue weighted by Gasteiger charge is 2.26. The lowest BCUT2D eigenvalue weighted by atomic mass is 10.0. The minimum atomic E-state index is -0.723. The van der Waals surface area contributed by atoms with Crippen LogP contribution in [0.5, 0.6) is 0 Å². The van der Waals surface area contributed by atoms with E-state index in [1.165, 1.54) is 35.0 Å². The van der Waals surface area contributed by atoms with Crippen molar-refractivity contribution < 1.29 is 13.6 Å². The highest BCUT2D eigenvalue weighted by atomic mass is 35.5. The van der Waals surface area contributed by atoms with Crippen molar-refractivity contribution in [3.8, 4) is 17.3 Å². The summed E-state index contributed by atoms with van der Waals surface area (Å²) in [5.74, 6) is -1.44. The van der Waals surface area contributed by atoms with Crippen LogP contribution in [0.2, 0.25) is 5.02 Å². The van der Waals surface area contributed by atoms with Gasteiger partial charge in [0.15, 0.2) is 17.3 Å². The summed E-state index contributed by atoms with van der Waals surface area (Å²) in [4.78, 5) is 23.7. The van der Waals surface area contributed by atoms with Crippen molar-refractivity contribution in [1.29, 1.82) is 5.26 Å². The number of nitrogens with zero attached hydrogens (tertiary/aromatic N) is 6. The largest absolute Gasteiger partial charge is 0.382 e. The highest BCUT2D eigenvalue weighted by Crippen LogP contribution is 2.40. The van der Waals surface area contributed by atoms with Gasteiger partial charge >= 0.3 is 0 Å². The minimum absolute atomic E-state index is 0.00567. The number of hydrogen-bond acceptors (Lipinski definition) is 6. The van der Waals surface area contributed by atoms with Crippen molar-refractivity contribution in [2.75, 3.05) is 36.8 Å². The number of amides is 1. The third kappa shape index (κ3) is 3.61. The fourth-order valence-electron chi connectivity index (χ4n) is 4.45. The second-order valence-electron chi connectivity index (χ2n) is 8.02. The number of aromatic nitrogens is 3. The number of hydrogen-bond donors (Lipinski definition) is 1. The number of piperazine rings is 1.